The van der Waals surface area contributed by atoms with Crippen LogP contribution in [-0.2, 0) is 0 Å². The van der Waals surface area contributed by atoms with Crippen molar-refractivity contribution in [1.29, 1.82) is 0 Å². The van der Waals surface area contributed by atoms with Gasteiger partial charge in [-0.25, -0.2) is 4.39 Å². The topological polar surface area (TPSA) is 40.5 Å². The molecule has 0 saturated heterocycles. The van der Waals surface area contributed by atoms with Gasteiger partial charge in [-0.15, -0.1) is 11.3 Å². The van der Waals surface area contributed by atoms with Crippen LogP contribution in [0.25, 0.3) is 20.9 Å². The minimum atomic E-state index is -0.630. The lowest BCUT2D eigenvalue weighted by Crippen LogP contribution is -1.77. The van der Waals surface area contributed by atoms with Crippen molar-refractivity contribution in [3.8, 4) is 32.4 Å². The first-order valence-corrected chi connectivity index (χ1v) is 6.83. The van der Waals surface area contributed by atoms with Crippen LogP contribution in [0.2, 0.25) is 0 Å². The number of halogens is 1. The van der Waals surface area contributed by atoms with E-state index < -0.39 is 5.82 Å². The lowest BCUT2D eigenvalue weighted by atomic mass is 10.1. The minimum absolute atomic E-state index is 0.216. The largest absolute Gasteiger partial charge is 0.508 e. The summed E-state index contributed by atoms with van der Waals surface area (Å²) in [5.74, 6) is -0.763. The number of hydrogen-bond acceptors (Lipinski definition) is 3. The molecule has 2 aromatic carbocycles. The molecule has 4 heteroatoms. The summed E-state index contributed by atoms with van der Waals surface area (Å²) < 4.78 is 13.4. The minimum Gasteiger partial charge on any atom is -0.508 e. The lowest BCUT2D eigenvalue weighted by molar-refractivity contribution is 0.432. The van der Waals surface area contributed by atoms with E-state index in [4.69, 9.17) is 0 Å². The Kier molecular flexibility index (Phi) is 3.16. The maximum Gasteiger partial charge on any atom is 0.165 e. The molecule has 2 N–H and O–H groups in total. The van der Waals surface area contributed by atoms with Crippen LogP contribution in [0, 0.1) is 5.82 Å². The van der Waals surface area contributed by atoms with Gasteiger partial charge in [-0.2, -0.15) is 0 Å². The fourth-order valence-electron chi connectivity index (χ4n) is 1.97. The van der Waals surface area contributed by atoms with Crippen LogP contribution in [0.5, 0.6) is 11.5 Å². The van der Waals surface area contributed by atoms with Gasteiger partial charge >= 0.3 is 0 Å². The van der Waals surface area contributed by atoms with Gasteiger partial charge in [-0.05, 0) is 53.6 Å². The Labute approximate surface area is 119 Å². The first-order chi connectivity index (χ1) is 9.63. The monoisotopic (exact) mass is 286 g/mol. The van der Waals surface area contributed by atoms with Gasteiger partial charge in [0.2, 0.25) is 0 Å². The van der Waals surface area contributed by atoms with E-state index in [9.17, 15) is 14.6 Å². The third-order valence-electron chi connectivity index (χ3n) is 2.97. The Bertz CT molecular complexity index is 765. The molecule has 0 saturated carbocycles. The normalized spacial score (nSPS) is 10.7. The van der Waals surface area contributed by atoms with Gasteiger partial charge in [0.1, 0.15) is 5.75 Å². The zero-order valence-electron chi connectivity index (χ0n) is 10.4. The number of rotatable bonds is 2. The second-order valence-electron chi connectivity index (χ2n) is 4.38. The average molecular weight is 286 g/mol. The molecule has 0 aliphatic carbocycles. The molecule has 0 bridgehead atoms. The van der Waals surface area contributed by atoms with E-state index in [-0.39, 0.29) is 11.5 Å². The molecule has 0 radical (unpaired) electrons. The van der Waals surface area contributed by atoms with Crippen molar-refractivity contribution in [2.45, 2.75) is 0 Å². The first kappa shape index (κ1) is 12.7. The zero-order chi connectivity index (χ0) is 14.1. The van der Waals surface area contributed by atoms with Crippen LogP contribution in [0.3, 0.4) is 0 Å². The SMILES string of the molecule is Oc1cccc(-c2ccc(-c3ccc(O)c(F)c3)s2)c1. The summed E-state index contributed by atoms with van der Waals surface area (Å²) in [6.07, 6.45) is 0. The van der Waals surface area contributed by atoms with Gasteiger partial charge in [0.05, 0.1) is 0 Å². The van der Waals surface area contributed by atoms with Crippen molar-refractivity contribution in [3.63, 3.8) is 0 Å². The predicted octanol–water partition coefficient (Wildman–Crippen LogP) is 4.63. The molecule has 3 aromatic rings. The average Bonchev–Trinajstić information content (AvgIpc) is 2.92. The van der Waals surface area contributed by atoms with Crippen LogP contribution >= 0.6 is 11.3 Å². The summed E-state index contributed by atoms with van der Waals surface area (Å²) >= 11 is 1.50. The molecule has 0 aliphatic heterocycles. The van der Waals surface area contributed by atoms with Crippen molar-refractivity contribution in [2.24, 2.45) is 0 Å². The molecular formula is C16H11FO2S. The molecule has 20 heavy (non-hydrogen) atoms. The van der Waals surface area contributed by atoms with Gasteiger partial charge in [0.25, 0.3) is 0 Å². The maximum absolute atomic E-state index is 13.4. The molecule has 0 spiro atoms. The number of thiophene rings is 1. The molecular weight excluding hydrogens is 275 g/mol. The molecule has 100 valence electrons. The van der Waals surface area contributed by atoms with E-state index in [0.29, 0.717) is 0 Å². The number of benzene rings is 2. The quantitative estimate of drug-likeness (QED) is 0.721. The van der Waals surface area contributed by atoms with E-state index >= 15 is 0 Å². The Morgan fingerprint density at radius 2 is 1.50 bits per heavy atom. The molecule has 0 amide bonds. The second kappa shape index (κ2) is 4.98. The van der Waals surface area contributed by atoms with Crippen molar-refractivity contribution in [2.75, 3.05) is 0 Å². The highest BCUT2D eigenvalue weighted by Crippen LogP contribution is 2.36. The zero-order valence-corrected chi connectivity index (χ0v) is 11.2. The Morgan fingerprint density at radius 3 is 2.15 bits per heavy atom. The second-order valence-corrected chi connectivity index (χ2v) is 5.46. The summed E-state index contributed by atoms with van der Waals surface area (Å²) in [7, 11) is 0. The van der Waals surface area contributed by atoms with Gasteiger partial charge in [0.15, 0.2) is 11.6 Å². The van der Waals surface area contributed by atoms with E-state index in [2.05, 4.69) is 0 Å². The molecule has 1 heterocycles. The highest BCUT2D eigenvalue weighted by molar-refractivity contribution is 7.18. The van der Waals surface area contributed by atoms with Gasteiger partial charge in [-0.1, -0.05) is 12.1 Å². The van der Waals surface area contributed by atoms with Crippen LogP contribution in [0.15, 0.2) is 54.6 Å². The van der Waals surface area contributed by atoms with Crippen LogP contribution in [0.1, 0.15) is 0 Å². The summed E-state index contributed by atoms with van der Waals surface area (Å²) in [5.41, 5.74) is 1.64. The van der Waals surface area contributed by atoms with E-state index in [1.54, 1.807) is 24.3 Å². The molecule has 0 fully saturated rings. The Hall–Kier alpha value is -2.33. The molecule has 3 rings (SSSR count). The fourth-order valence-corrected chi connectivity index (χ4v) is 2.97. The fraction of sp³-hybridized carbons (Fsp3) is 0. The third kappa shape index (κ3) is 2.38. The van der Waals surface area contributed by atoms with Gasteiger partial charge < -0.3 is 10.2 Å². The van der Waals surface area contributed by atoms with Crippen LogP contribution in [-0.4, -0.2) is 10.2 Å². The van der Waals surface area contributed by atoms with Crippen molar-refractivity contribution >= 4 is 11.3 Å². The maximum atomic E-state index is 13.4. The molecule has 0 aliphatic rings. The first-order valence-electron chi connectivity index (χ1n) is 6.01. The van der Waals surface area contributed by atoms with Crippen molar-refractivity contribution in [3.05, 3.63) is 60.4 Å². The Morgan fingerprint density at radius 1 is 0.800 bits per heavy atom. The number of phenols is 2. The number of hydrogen-bond donors (Lipinski definition) is 2. The summed E-state index contributed by atoms with van der Waals surface area (Å²) in [5, 5.41) is 18.7. The Balaban J connectivity index is 1.99. The predicted molar refractivity (Wildman–Crippen MR) is 78.5 cm³/mol. The number of aromatic hydroxyl groups is 2. The van der Waals surface area contributed by atoms with Gasteiger partial charge in [0, 0.05) is 9.75 Å². The molecule has 2 nitrogen and oxygen atoms in total. The third-order valence-corrected chi connectivity index (χ3v) is 4.15. The van der Waals surface area contributed by atoms with Gasteiger partial charge in [-0.3, -0.25) is 0 Å². The molecule has 0 atom stereocenters. The summed E-state index contributed by atoms with van der Waals surface area (Å²) in [4.78, 5) is 1.90. The number of phenolic OH excluding ortho intramolecular Hbond substituents is 2. The van der Waals surface area contributed by atoms with Crippen molar-refractivity contribution < 1.29 is 14.6 Å². The van der Waals surface area contributed by atoms with Crippen molar-refractivity contribution in [1.82, 2.24) is 0 Å². The van der Waals surface area contributed by atoms with E-state index in [1.807, 2.05) is 18.2 Å². The van der Waals surface area contributed by atoms with Crippen LogP contribution < -0.4 is 0 Å². The summed E-state index contributed by atoms with van der Waals surface area (Å²) in [6.45, 7) is 0. The highest BCUT2D eigenvalue weighted by Gasteiger charge is 2.08. The molecule has 1 aromatic heterocycles. The van der Waals surface area contributed by atoms with E-state index in [0.717, 1.165) is 20.9 Å². The molecule has 0 unspecified atom stereocenters. The lowest BCUT2D eigenvalue weighted by Gasteiger charge is -2.00. The standard InChI is InChI=1S/C16H11FO2S/c17-13-9-11(4-5-14(13)19)16-7-6-15(20-16)10-2-1-3-12(18)8-10/h1-9,18-19H. The van der Waals surface area contributed by atoms with E-state index in [1.165, 1.54) is 23.5 Å². The smallest absolute Gasteiger partial charge is 0.165 e. The van der Waals surface area contributed by atoms with Crippen LogP contribution in [0.4, 0.5) is 4.39 Å². The summed E-state index contributed by atoms with van der Waals surface area (Å²) in [6, 6.07) is 15.2. The highest BCUT2D eigenvalue weighted by atomic mass is 32.1.